The Balaban J connectivity index is 2.02. The number of Topliss-reactive ketones (excluding diaryl/α,β-unsaturated/α-hetero) is 2. The minimum atomic E-state index is -4.04. The Morgan fingerprint density at radius 3 is 1.79 bits per heavy atom. The minimum absolute atomic E-state index is 0.0354. The van der Waals surface area contributed by atoms with Gasteiger partial charge >= 0.3 is 0 Å². The van der Waals surface area contributed by atoms with Gasteiger partial charge in [-0.15, -0.1) is 0 Å². The number of sulfone groups is 1. The molecule has 3 rings (SSSR count). The largest absolute Gasteiger partial charge is 0.294 e. The summed E-state index contributed by atoms with van der Waals surface area (Å²) in [6, 6.07) is 22.9. The van der Waals surface area contributed by atoms with Crippen LogP contribution in [0.15, 0.2) is 89.8 Å². The molecule has 0 amide bonds. The van der Waals surface area contributed by atoms with E-state index in [0.717, 1.165) is 5.56 Å². The molecule has 0 spiro atoms. The van der Waals surface area contributed by atoms with Crippen molar-refractivity contribution in [2.45, 2.75) is 23.5 Å². The SMILES string of the molecule is Cc1ccc(S(=O)(=O)[C@@H](CC(=O)c2ccccc2)C(=O)c2ccccc2)cc1. The first-order valence-electron chi connectivity index (χ1n) is 8.87. The summed E-state index contributed by atoms with van der Waals surface area (Å²) in [6.07, 6.45) is -0.409. The zero-order chi connectivity index (χ0) is 20.1. The number of carbonyl (C=O) groups is 2. The summed E-state index contributed by atoms with van der Waals surface area (Å²) in [6.45, 7) is 1.85. The van der Waals surface area contributed by atoms with Crippen molar-refractivity contribution in [2.24, 2.45) is 0 Å². The van der Waals surface area contributed by atoms with Crippen LogP contribution in [0.25, 0.3) is 0 Å². The fraction of sp³-hybridized carbons (Fsp3) is 0.130. The third-order valence-electron chi connectivity index (χ3n) is 4.54. The highest BCUT2D eigenvalue weighted by atomic mass is 32.2. The topological polar surface area (TPSA) is 68.3 Å². The first kappa shape index (κ1) is 19.7. The average Bonchev–Trinajstić information content (AvgIpc) is 2.73. The zero-order valence-corrected chi connectivity index (χ0v) is 16.2. The fourth-order valence-electron chi connectivity index (χ4n) is 2.93. The number of aryl methyl sites for hydroxylation is 1. The van der Waals surface area contributed by atoms with E-state index in [-0.39, 0.29) is 16.2 Å². The second-order valence-electron chi connectivity index (χ2n) is 6.57. The Hall–Kier alpha value is -3.05. The Kier molecular flexibility index (Phi) is 5.85. The molecule has 5 heteroatoms. The standard InChI is InChI=1S/C23H20O4S/c1-17-12-14-20(15-13-17)28(26,27)22(23(25)19-10-6-3-7-11-19)16-21(24)18-8-4-2-5-9-18/h2-15,22H,16H2,1H3/t22-/m0/s1. The van der Waals surface area contributed by atoms with Crippen LogP contribution in [0.2, 0.25) is 0 Å². The summed E-state index contributed by atoms with van der Waals surface area (Å²) in [5.41, 5.74) is 1.56. The molecule has 142 valence electrons. The molecule has 0 aliphatic rings. The van der Waals surface area contributed by atoms with Crippen molar-refractivity contribution in [3.05, 3.63) is 102 Å². The lowest BCUT2D eigenvalue weighted by molar-refractivity contribution is 0.0920. The normalized spacial score (nSPS) is 12.3. The number of carbonyl (C=O) groups excluding carboxylic acids is 2. The van der Waals surface area contributed by atoms with Crippen LogP contribution in [-0.4, -0.2) is 25.2 Å². The maximum Gasteiger partial charge on any atom is 0.189 e. The predicted octanol–water partition coefficient (Wildman–Crippen LogP) is 4.29. The Morgan fingerprint density at radius 1 is 0.750 bits per heavy atom. The molecule has 0 aliphatic carbocycles. The lowest BCUT2D eigenvalue weighted by atomic mass is 10.0. The third kappa shape index (κ3) is 4.26. The van der Waals surface area contributed by atoms with E-state index < -0.39 is 27.3 Å². The van der Waals surface area contributed by atoms with Gasteiger partial charge in [0.05, 0.1) is 4.90 Å². The van der Waals surface area contributed by atoms with Gasteiger partial charge in [-0.2, -0.15) is 0 Å². The van der Waals surface area contributed by atoms with Gasteiger partial charge in [0.2, 0.25) is 0 Å². The van der Waals surface area contributed by atoms with E-state index in [0.29, 0.717) is 5.56 Å². The van der Waals surface area contributed by atoms with Crippen molar-refractivity contribution < 1.29 is 18.0 Å². The predicted molar refractivity (Wildman–Crippen MR) is 108 cm³/mol. The maximum absolute atomic E-state index is 13.3. The van der Waals surface area contributed by atoms with Gasteiger partial charge in [-0.3, -0.25) is 9.59 Å². The van der Waals surface area contributed by atoms with Gasteiger partial charge in [0.25, 0.3) is 0 Å². The van der Waals surface area contributed by atoms with Crippen LogP contribution in [0.4, 0.5) is 0 Å². The fourth-order valence-corrected chi connectivity index (χ4v) is 4.57. The maximum atomic E-state index is 13.3. The van der Waals surface area contributed by atoms with Crippen LogP contribution in [-0.2, 0) is 9.84 Å². The molecule has 1 atom stereocenters. The van der Waals surface area contributed by atoms with Crippen molar-refractivity contribution in [1.29, 1.82) is 0 Å². The van der Waals surface area contributed by atoms with E-state index in [1.54, 1.807) is 72.8 Å². The molecule has 3 aromatic carbocycles. The summed E-state index contributed by atoms with van der Waals surface area (Å²) in [5.74, 6) is -0.962. The Morgan fingerprint density at radius 2 is 1.25 bits per heavy atom. The van der Waals surface area contributed by atoms with Gasteiger partial charge in [0, 0.05) is 17.5 Å². The van der Waals surface area contributed by atoms with Crippen LogP contribution in [0.1, 0.15) is 32.7 Å². The highest BCUT2D eigenvalue weighted by Gasteiger charge is 2.36. The van der Waals surface area contributed by atoms with E-state index in [9.17, 15) is 18.0 Å². The van der Waals surface area contributed by atoms with E-state index >= 15 is 0 Å². The van der Waals surface area contributed by atoms with Gasteiger partial charge in [0.15, 0.2) is 21.4 Å². The number of hydrogen-bond acceptors (Lipinski definition) is 4. The summed E-state index contributed by atoms with van der Waals surface area (Å²) in [4.78, 5) is 25.8. The number of rotatable bonds is 7. The Labute approximate surface area is 164 Å². The van der Waals surface area contributed by atoms with Crippen molar-refractivity contribution in [1.82, 2.24) is 0 Å². The molecule has 0 unspecified atom stereocenters. The van der Waals surface area contributed by atoms with E-state index in [2.05, 4.69) is 0 Å². The van der Waals surface area contributed by atoms with Crippen LogP contribution in [0.3, 0.4) is 0 Å². The highest BCUT2D eigenvalue weighted by molar-refractivity contribution is 7.92. The van der Waals surface area contributed by atoms with Crippen LogP contribution in [0.5, 0.6) is 0 Å². The van der Waals surface area contributed by atoms with E-state index in [1.807, 2.05) is 6.92 Å². The van der Waals surface area contributed by atoms with E-state index in [4.69, 9.17) is 0 Å². The van der Waals surface area contributed by atoms with Gasteiger partial charge in [-0.1, -0.05) is 78.4 Å². The van der Waals surface area contributed by atoms with Crippen LogP contribution >= 0.6 is 0 Å². The van der Waals surface area contributed by atoms with Crippen molar-refractivity contribution in [3.8, 4) is 0 Å². The summed E-state index contributed by atoms with van der Waals surface area (Å²) in [5, 5.41) is -1.48. The molecular formula is C23H20O4S. The smallest absolute Gasteiger partial charge is 0.189 e. The molecule has 28 heavy (non-hydrogen) atoms. The lowest BCUT2D eigenvalue weighted by Crippen LogP contribution is -2.33. The first-order chi connectivity index (χ1) is 13.4. The van der Waals surface area contributed by atoms with Crippen LogP contribution < -0.4 is 0 Å². The van der Waals surface area contributed by atoms with Gasteiger partial charge in [-0.05, 0) is 19.1 Å². The zero-order valence-electron chi connectivity index (χ0n) is 15.4. The molecule has 0 bridgehead atoms. The molecule has 3 aromatic rings. The molecule has 0 aromatic heterocycles. The van der Waals surface area contributed by atoms with Crippen molar-refractivity contribution in [3.63, 3.8) is 0 Å². The quantitative estimate of drug-likeness (QED) is 0.563. The third-order valence-corrected chi connectivity index (χ3v) is 6.60. The lowest BCUT2D eigenvalue weighted by Gasteiger charge is -2.17. The molecule has 0 saturated carbocycles. The monoisotopic (exact) mass is 392 g/mol. The van der Waals surface area contributed by atoms with Gasteiger partial charge < -0.3 is 0 Å². The molecule has 0 heterocycles. The average molecular weight is 392 g/mol. The molecule has 0 radical (unpaired) electrons. The summed E-state index contributed by atoms with van der Waals surface area (Å²) < 4.78 is 26.5. The van der Waals surface area contributed by atoms with Crippen LogP contribution in [0, 0.1) is 6.92 Å². The number of hydrogen-bond donors (Lipinski definition) is 0. The van der Waals surface area contributed by atoms with Gasteiger partial charge in [0.1, 0.15) is 5.25 Å². The number of ketones is 2. The molecule has 4 nitrogen and oxygen atoms in total. The van der Waals surface area contributed by atoms with E-state index in [1.165, 1.54) is 12.1 Å². The molecular weight excluding hydrogens is 372 g/mol. The molecule has 0 saturated heterocycles. The Bertz CT molecular complexity index is 1070. The van der Waals surface area contributed by atoms with Crippen molar-refractivity contribution in [2.75, 3.05) is 0 Å². The van der Waals surface area contributed by atoms with Gasteiger partial charge in [-0.25, -0.2) is 8.42 Å². The minimum Gasteiger partial charge on any atom is -0.294 e. The van der Waals surface area contributed by atoms with Crippen molar-refractivity contribution >= 4 is 21.4 Å². The molecule has 0 N–H and O–H groups in total. The second-order valence-corrected chi connectivity index (χ2v) is 8.70. The highest BCUT2D eigenvalue weighted by Crippen LogP contribution is 2.24. The molecule has 0 fully saturated rings. The first-order valence-corrected chi connectivity index (χ1v) is 10.4. The number of benzene rings is 3. The second kappa shape index (κ2) is 8.31. The molecule has 0 aliphatic heterocycles. The summed E-state index contributed by atoms with van der Waals surface area (Å²) in [7, 11) is -4.04. The summed E-state index contributed by atoms with van der Waals surface area (Å²) >= 11 is 0.